The monoisotopic (exact) mass is 457 g/mol. The highest BCUT2D eigenvalue weighted by atomic mass is 31.1. The first-order valence-electron chi connectivity index (χ1n) is 11.5. The quantitative estimate of drug-likeness (QED) is 0.348. The van der Waals surface area contributed by atoms with Crippen LogP contribution in [0.4, 0.5) is 14.5 Å². The molecule has 0 atom stereocenters. The van der Waals surface area contributed by atoms with Crippen molar-refractivity contribution < 1.29 is 8.78 Å². The summed E-state index contributed by atoms with van der Waals surface area (Å²) in [4.78, 5) is 2.49. The van der Waals surface area contributed by atoms with Crippen molar-refractivity contribution >= 4 is 29.5 Å². The fourth-order valence-corrected chi connectivity index (χ4v) is 7.19. The molecule has 3 aromatic carbocycles. The number of hydrogen-bond donors (Lipinski definition) is 0. The van der Waals surface area contributed by atoms with E-state index in [9.17, 15) is 8.78 Å². The van der Waals surface area contributed by atoms with Crippen LogP contribution in [0.3, 0.4) is 0 Å². The molecular weight excluding hydrogens is 421 g/mol. The summed E-state index contributed by atoms with van der Waals surface area (Å²) in [5.74, 6) is -0.483. The Balaban J connectivity index is 2.34. The van der Waals surface area contributed by atoms with Crippen molar-refractivity contribution in [3.05, 3.63) is 65.5 Å². The van der Waals surface area contributed by atoms with Gasteiger partial charge in [-0.15, -0.1) is 0 Å². The van der Waals surface area contributed by atoms with Crippen LogP contribution in [0.2, 0.25) is 0 Å². The van der Waals surface area contributed by atoms with E-state index in [1.54, 1.807) is 0 Å². The maximum atomic E-state index is 13.8. The first-order valence-corrected chi connectivity index (χ1v) is 12.9. The molecule has 0 heterocycles. The van der Waals surface area contributed by atoms with Crippen LogP contribution in [0.15, 0.2) is 48.5 Å². The van der Waals surface area contributed by atoms with E-state index in [1.807, 2.05) is 24.3 Å². The van der Waals surface area contributed by atoms with E-state index in [1.165, 1.54) is 40.6 Å². The Morgan fingerprint density at radius 2 is 1.03 bits per heavy atom. The fraction of sp³-hybridized carbons (Fsp3) is 0.444. The van der Waals surface area contributed by atoms with Gasteiger partial charge in [-0.05, 0) is 98.2 Å². The van der Waals surface area contributed by atoms with Crippen LogP contribution in [0.5, 0.6) is 0 Å². The molecule has 0 aliphatic heterocycles. The van der Waals surface area contributed by atoms with E-state index >= 15 is 0 Å². The first kappa shape index (κ1) is 24.6. The molecule has 0 aromatic heterocycles. The summed E-state index contributed by atoms with van der Waals surface area (Å²) < 4.78 is 30.0. The predicted molar refractivity (Wildman–Crippen MR) is 136 cm³/mol. The molecule has 0 spiro atoms. The molecule has 2 nitrogen and oxygen atoms in total. The molecule has 0 aliphatic carbocycles. The van der Waals surface area contributed by atoms with Crippen LogP contribution in [0, 0.1) is 11.6 Å². The van der Waals surface area contributed by atoms with Gasteiger partial charge in [-0.2, -0.15) is 0 Å². The minimum atomic E-state index is -0.940. The minimum Gasteiger partial charge on any atom is -0.361 e. The van der Waals surface area contributed by atoms with E-state index in [-0.39, 0.29) is 11.6 Å². The molecular formula is C27H36F2N2P+. The standard InChI is InChI=1S/C27H36F2N2P/c1-17(2)30(18(3)4)25-26(31(19(5)6)20(7)8)27(25)32(23-13-9-21(28)10-14-23)24-15-11-22(29)12-16-24/h9-20H,1-8H3/q+1. The van der Waals surface area contributed by atoms with Crippen molar-refractivity contribution in [1.29, 1.82) is 0 Å². The summed E-state index contributed by atoms with van der Waals surface area (Å²) in [5.41, 5.74) is 1.30. The zero-order valence-electron chi connectivity index (χ0n) is 20.5. The molecule has 0 saturated heterocycles. The van der Waals surface area contributed by atoms with E-state index in [0.29, 0.717) is 24.2 Å². The van der Waals surface area contributed by atoms with Gasteiger partial charge in [0.15, 0.2) is 0 Å². The molecule has 172 valence electrons. The summed E-state index contributed by atoms with van der Waals surface area (Å²) in [6.07, 6.45) is 0. The van der Waals surface area contributed by atoms with E-state index in [2.05, 4.69) is 64.9 Å². The van der Waals surface area contributed by atoms with Crippen LogP contribution >= 0.6 is 7.92 Å². The zero-order valence-corrected chi connectivity index (χ0v) is 21.4. The number of nitrogens with zero attached hydrogens (tertiary/aromatic N) is 2. The van der Waals surface area contributed by atoms with Crippen molar-refractivity contribution in [2.75, 3.05) is 4.90 Å². The van der Waals surface area contributed by atoms with Gasteiger partial charge in [0.25, 0.3) is 0 Å². The molecule has 5 heteroatoms. The molecule has 0 radical (unpaired) electrons. The summed E-state index contributed by atoms with van der Waals surface area (Å²) in [7, 11) is -0.940. The minimum absolute atomic E-state index is 0.242. The van der Waals surface area contributed by atoms with Crippen LogP contribution in [-0.4, -0.2) is 24.2 Å². The normalized spacial score (nSPS) is 12.2. The van der Waals surface area contributed by atoms with Crippen molar-refractivity contribution in [2.24, 2.45) is 0 Å². The Morgan fingerprint density at radius 3 is 1.34 bits per heavy atom. The number of benzene rings is 2. The van der Waals surface area contributed by atoms with Gasteiger partial charge in [-0.1, -0.05) is 24.3 Å². The molecule has 32 heavy (non-hydrogen) atoms. The molecule has 0 aliphatic rings. The molecule has 0 fully saturated rings. The number of halogens is 2. The predicted octanol–water partition coefficient (Wildman–Crippen LogP) is 4.81. The Kier molecular flexibility index (Phi) is 7.55. The summed E-state index contributed by atoms with van der Waals surface area (Å²) in [5, 5.41) is 4.78. The van der Waals surface area contributed by atoms with Crippen LogP contribution < -0.4 is 30.7 Å². The van der Waals surface area contributed by atoms with Gasteiger partial charge in [-0.3, -0.25) is 0 Å². The maximum Gasteiger partial charge on any atom is 0.235 e. The molecule has 0 N–H and O–H groups in total. The third-order valence-corrected chi connectivity index (χ3v) is 8.25. The van der Waals surface area contributed by atoms with Gasteiger partial charge in [-0.25, -0.2) is 13.4 Å². The molecule has 0 saturated carbocycles. The second-order valence-corrected chi connectivity index (χ2v) is 11.7. The second-order valence-electron chi connectivity index (χ2n) is 9.52. The van der Waals surface area contributed by atoms with Gasteiger partial charge in [0.05, 0.1) is 5.30 Å². The lowest BCUT2D eigenvalue weighted by atomic mass is 10.2. The van der Waals surface area contributed by atoms with E-state index in [0.717, 1.165) is 10.6 Å². The van der Waals surface area contributed by atoms with Crippen LogP contribution in [0.25, 0.3) is 0 Å². The second kappa shape index (κ2) is 9.83. The lowest BCUT2D eigenvalue weighted by Crippen LogP contribution is -2.41. The van der Waals surface area contributed by atoms with Crippen molar-refractivity contribution in [1.82, 2.24) is 4.58 Å². The largest absolute Gasteiger partial charge is 0.361 e. The summed E-state index contributed by atoms with van der Waals surface area (Å²) in [6, 6.07) is 15.0. The third kappa shape index (κ3) is 4.96. The Labute approximate surface area is 193 Å². The highest BCUT2D eigenvalue weighted by molar-refractivity contribution is 7.80. The maximum absolute atomic E-state index is 13.8. The SMILES string of the molecule is CC(C)N(c1c(P(c2ccc(F)cc2)c2ccc(F)cc2)c1=[N+](C(C)C)C(C)C)C(C)C. The van der Waals surface area contributed by atoms with Gasteiger partial charge in [0.2, 0.25) is 5.36 Å². The van der Waals surface area contributed by atoms with Gasteiger partial charge >= 0.3 is 0 Å². The first-order chi connectivity index (χ1) is 15.0. The third-order valence-electron chi connectivity index (χ3n) is 5.75. The molecule has 3 aromatic rings. The number of anilines is 1. The van der Waals surface area contributed by atoms with Gasteiger partial charge in [0.1, 0.15) is 29.4 Å². The Bertz CT molecular complexity index is 993. The molecule has 0 amide bonds. The fourth-order valence-electron chi connectivity index (χ4n) is 4.67. The van der Waals surface area contributed by atoms with E-state index < -0.39 is 7.92 Å². The van der Waals surface area contributed by atoms with Gasteiger partial charge in [0, 0.05) is 12.1 Å². The van der Waals surface area contributed by atoms with Crippen LogP contribution in [0.1, 0.15) is 55.4 Å². The van der Waals surface area contributed by atoms with Crippen LogP contribution in [-0.2, 0) is 0 Å². The van der Waals surface area contributed by atoms with Gasteiger partial charge < -0.3 is 4.90 Å². The average Bonchev–Trinajstić information content (AvgIpc) is 3.37. The highest BCUT2D eigenvalue weighted by Crippen LogP contribution is 2.39. The van der Waals surface area contributed by atoms with Crippen molar-refractivity contribution in [3.8, 4) is 0 Å². The topological polar surface area (TPSA) is 6.25 Å². The van der Waals surface area contributed by atoms with Crippen molar-refractivity contribution in [3.63, 3.8) is 0 Å². The lowest BCUT2D eigenvalue weighted by Gasteiger charge is -2.29. The average molecular weight is 458 g/mol. The number of hydrogen-bond acceptors (Lipinski definition) is 1. The highest BCUT2D eigenvalue weighted by Gasteiger charge is 2.42. The summed E-state index contributed by atoms with van der Waals surface area (Å²) in [6.45, 7) is 17.8. The Morgan fingerprint density at radius 1 is 0.656 bits per heavy atom. The van der Waals surface area contributed by atoms with E-state index in [4.69, 9.17) is 0 Å². The molecule has 3 rings (SSSR count). The molecule has 0 unspecified atom stereocenters. The lowest BCUT2D eigenvalue weighted by molar-refractivity contribution is 0.429. The smallest absolute Gasteiger partial charge is 0.235 e. The summed E-state index contributed by atoms with van der Waals surface area (Å²) >= 11 is 0. The number of rotatable bonds is 8. The Hall–Kier alpha value is -2.06. The van der Waals surface area contributed by atoms with Crippen molar-refractivity contribution in [2.45, 2.75) is 79.6 Å². The zero-order chi connectivity index (χ0) is 23.7. The molecule has 0 bridgehead atoms.